The number of sulfonamides is 2. The topological polar surface area (TPSA) is 95.1 Å². The maximum Gasteiger partial charge on any atom is 0.243 e. The summed E-state index contributed by atoms with van der Waals surface area (Å²) in [7, 11) is -7.42. The largest absolute Gasteiger partial charge is 0.340 e. The van der Waals surface area contributed by atoms with Crippen LogP contribution in [0.4, 0.5) is 14.5 Å². The Bertz CT molecular complexity index is 1240. The number of amides is 1. The molecule has 0 bridgehead atoms. The van der Waals surface area contributed by atoms with Crippen molar-refractivity contribution in [1.29, 1.82) is 0 Å². The lowest BCUT2D eigenvalue weighted by atomic mass is 10.2. The molecule has 0 aromatic heterocycles. The summed E-state index contributed by atoms with van der Waals surface area (Å²) >= 11 is 0. The number of anilines is 1. The molecule has 12 heteroatoms. The molecule has 0 N–H and O–H groups in total. The molecule has 1 amide bonds. The van der Waals surface area contributed by atoms with E-state index in [2.05, 4.69) is 0 Å². The van der Waals surface area contributed by atoms with Gasteiger partial charge in [-0.1, -0.05) is 17.7 Å². The summed E-state index contributed by atoms with van der Waals surface area (Å²) in [5, 5.41) is 0. The van der Waals surface area contributed by atoms with Crippen LogP contribution in [0.5, 0.6) is 0 Å². The van der Waals surface area contributed by atoms with E-state index in [0.29, 0.717) is 0 Å². The maximum atomic E-state index is 13.6. The van der Waals surface area contributed by atoms with Crippen LogP contribution in [0.3, 0.4) is 0 Å². The number of aryl methyl sites for hydroxylation is 1. The van der Waals surface area contributed by atoms with Gasteiger partial charge in [-0.2, -0.15) is 4.31 Å². The first-order valence-electron chi connectivity index (χ1n) is 10.7. The lowest BCUT2D eigenvalue weighted by molar-refractivity contribution is -0.132. The summed E-state index contributed by atoms with van der Waals surface area (Å²) in [6.45, 7) is 2.55. The lowest BCUT2D eigenvalue weighted by Gasteiger charge is -2.34. The van der Waals surface area contributed by atoms with Crippen LogP contribution in [-0.4, -0.2) is 70.9 Å². The summed E-state index contributed by atoms with van der Waals surface area (Å²) in [6.07, 6.45) is 1.14. The number of carbonyl (C=O) groups is 1. The normalized spacial score (nSPS) is 15.4. The van der Waals surface area contributed by atoms with Crippen LogP contribution in [0.25, 0.3) is 0 Å². The second kappa shape index (κ2) is 10.4. The smallest absolute Gasteiger partial charge is 0.243 e. The molecule has 3 rings (SSSR count). The summed E-state index contributed by atoms with van der Waals surface area (Å²) in [5.74, 6) is -2.48. The van der Waals surface area contributed by atoms with Gasteiger partial charge in [-0.15, -0.1) is 0 Å². The van der Waals surface area contributed by atoms with Crippen molar-refractivity contribution in [2.24, 2.45) is 0 Å². The second-order valence-corrected chi connectivity index (χ2v) is 12.0. The number of halogens is 2. The summed E-state index contributed by atoms with van der Waals surface area (Å²) in [4.78, 5) is 14.4. The Morgan fingerprint density at radius 2 is 1.56 bits per heavy atom. The third-order valence-electron chi connectivity index (χ3n) is 5.59. The highest BCUT2D eigenvalue weighted by atomic mass is 32.2. The predicted octanol–water partition coefficient (Wildman–Crippen LogP) is 2.35. The van der Waals surface area contributed by atoms with Gasteiger partial charge in [-0.25, -0.2) is 25.6 Å². The Morgan fingerprint density at radius 1 is 0.941 bits per heavy atom. The van der Waals surface area contributed by atoms with Crippen LogP contribution >= 0.6 is 0 Å². The van der Waals surface area contributed by atoms with Crippen LogP contribution in [0, 0.1) is 18.6 Å². The number of carbonyl (C=O) groups excluding carboxylic acids is 1. The van der Waals surface area contributed by atoms with E-state index in [1.165, 1.54) is 4.31 Å². The van der Waals surface area contributed by atoms with Gasteiger partial charge in [0.1, 0.15) is 0 Å². The fraction of sp³-hybridized carbons (Fsp3) is 0.409. The van der Waals surface area contributed by atoms with Crippen molar-refractivity contribution < 1.29 is 30.4 Å². The van der Waals surface area contributed by atoms with Crippen molar-refractivity contribution in [3.63, 3.8) is 0 Å². The Hall–Kier alpha value is -2.57. The number of rotatable bonds is 8. The highest BCUT2D eigenvalue weighted by Crippen LogP contribution is 2.22. The molecule has 1 aliphatic heterocycles. The van der Waals surface area contributed by atoms with Gasteiger partial charge in [0.2, 0.25) is 26.0 Å². The number of hydrogen-bond acceptors (Lipinski definition) is 5. The van der Waals surface area contributed by atoms with Gasteiger partial charge in [-0.3, -0.25) is 9.10 Å². The summed E-state index contributed by atoms with van der Waals surface area (Å²) < 4.78 is 78.9. The Labute approximate surface area is 198 Å². The number of hydrogen-bond donors (Lipinski definition) is 0. The molecule has 34 heavy (non-hydrogen) atoms. The van der Waals surface area contributed by atoms with E-state index in [1.807, 2.05) is 6.92 Å². The van der Waals surface area contributed by atoms with Gasteiger partial charge in [0.25, 0.3) is 0 Å². The molecule has 0 saturated carbocycles. The van der Waals surface area contributed by atoms with Gasteiger partial charge in [-0.05, 0) is 37.6 Å². The molecular formula is C22H27F2N3O5S2. The summed E-state index contributed by atoms with van der Waals surface area (Å²) in [5.41, 5.74) is 0.928. The number of piperazine rings is 1. The highest BCUT2D eigenvalue weighted by Gasteiger charge is 2.30. The predicted molar refractivity (Wildman–Crippen MR) is 124 cm³/mol. The zero-order valence-electron chi connectivity index (χ0n) is 18.9. The standard InChI is InChI=1S/C22H27F2N3O5S2/c1-17-5-8-19(9-6-17)34(31,32)26-14-12-25(13-15-26)22(28)4-3-11-27(33(2,29)30)18-7-10-20(23)21(24)16-18/h5-10,16H,3-4,11-15H2,1-2H3. The van der Waals surface area contributed by atoms with Gasteiger partial charge in [0.05, 0.1) is 16.8 Å². The molecule has 8 nitrogen and oxygen atoms in total. The van der Waals surface area contributed by atoms with Gasteiger partial charge in [0, 0.05) is 45.2 Å². The van der Waals surface area contributed by atoms with Gasteiger partial charge >= 0.3 is 0 Å². The number of benzene rings is 2. The minimum Gasteiger partial charge on any atom is -0.340 e. The fourth-order valence-electron chi connectivity index (χ4n) is 3.70. The molecule has 2 aromatic carbocycles. The van der Waals surface area contributed by atoms with Crippen molar-refractivity contribution in [1.82, 2.24) is 9.21 Å². The second-order valence-electron chi connectivity index (χ2n) is 8.14. The molecular weight excluding hydrogens is 488 g/mol. The van der Waals surface area contributed by atoms with Crippen molar-refractivity contribution in [2.45, 2.75) is 24.7 Å². The molecule has 0 unspecified atom stereocenters. The quantitative estimate of drug-likeness (QED) is 0.538. The van der Waals surface area contributed by atoms with E-state index in [9.17, 15) is 30.4 Å². The molecule has 0 aliphatic carbocycles. The first-order chi connectivity index (χ1) is 15.9. The van der Waals surface area contributed by atoms with E-state index in [-0.39, 0.29) is 62.1 Å². The fourth-order valence-corrected chi connectivity index (χ4v) is 6.08. The zero-order valence-corrected chi connectivity index (χ0v) is 20.6. The Kier molecular flexibility index (Phi) is 7.94. The van der Waals surface area contributed by atoms with E-state index in [1.54, 1.807) is 29.2 Å². The molecule has 1 saturated heterocycles. The van der Waals surface area contributed by atoms with Crippen LogP contribution in [0.2, 0.25) is 0 Å². The van der Waals surface area contributed by atoms with Crippen LogP contribution < -0.4 is 4.31 Å². The number of nitrogens with zero attached hydrogens (tertiary/aromatic N) is 3. The zero-order chi connectivity index (χ0) is 25.1. The molecule has 0 spiro atoms. The maximum absolute atomic E-state index is 13.6. The van der Waals surface area contributed by atoms with Crippen molar-refractivity contribution in [2.75, 3.05) is 43.3 Å². The van der Waals surface area contributed by atoms with Crippen LogP contribution in [-0.2, 0) is 24.8 Å². The molecule has 2 aromatic rings. The van der Waals surface area contributed by atoms with E-state index in [0.717, 1.165) is 34.3 Å². The molecule has 1 aliphatic rings. The van der Waals surface area contributed by atoms with E-state index in [4.69, 9.17) is 0 Å². The highest BCUT2D eigenvalue weighted by molar-refractivity contribution is 7.92. The third kappa shape index (κ3) is 6.10. The van der Waals surface area contributed by atoms with Crippen molar-refractivity contribution in [3.05, 3.63) is 59.7 Å². The minimum absolute atomic E-state index is 0.0243. The monoisotopic (exact) mass is 515 g/mol. The molecule has 1 heterocycles. The van der Waals surface area contributed by atoms with Gasteiger partial charge < -0.3 is 4.90 Å². The first kappa shape index (κ1) is 26.0. The van der Waals surface area contributed by atoms with Crippen LogP contribution in [0.1, 0.15) is 18.4 Å². The Balaban J connectivity index is 1.55. The van der Waals surface area contributed by atoms with Gasteiger partial charge in [0.15, 0.2) is 11.6 Å². The molecule has 0 radical (unpaired) electrons. The molecule has 186 valence electrons. The summed E-state index contributed by atoms with van der Waals surface area (Å²) in [6, 6.07) is 9.38. The molecule has 0 atom stereocenters. The first-order valence-corrected chi connectivity index (χ1v) is 14.0. The van der Waals surface area contributed by atoms with E-state index < -0.39 is 31.7 Å². The van der Waals surface area contributed by atoms with Crippen molar-refractivity contribution in [3.8, 4) is 0 Å². The minimum atomic E-state index is -3.78. The average molecular weight is 516 g/mol. The van der Waals surface area contributed by atoms with Crippen LogP contribution in [0.15, 0.2) is 47.4 Å². The van der Waals surface area contributed by atoms with E-state index >= 15 is 0 Å². The Morgan fingerprint density at radius 3 is 2.12 bits per heavy atom. The van der Waals surface area contributed by atoms with Crippen molar-refractivity contribution >= 4 is 31.6 Å². The molecule has 1 fully saturated rings. The third-order valence-corrected chi connectivity index (χ3v) is 8.70. The SMILES string of the molecule is Cc1ccc(S(=O)(=O)N2CCN(C(=O)CCCN(c3ccc(F)c(F)c3)S(C)(=O)=O)CC2)cc1. The lowest BCUT2D eigenvalue weighted by Crippen LogP contribution is -2.50. The average Bonchev–Trinajstić information content (AvgIpc) is 2.78.